The average molecular weight is 182 g/mol. The molecule has 0 bridgehead atoms. The summed E-state index contributed by atoms with van der Waals surface area (Å²) >= 11 is 0. The van der Waals surface area contributed by atoms with Crippen LogP contribution in [-0.4, -0.2) is 0 Å². The van der Waals surface area contributed by atoms with E-state index in [-0.39, 0.29) is 6.42 Å². The number of nitriles is 4. The van der Waals surface area contributed by atoms with E-state index in [0.29, 0.717) is 12.0 Å². The second kappa shape index (κ2) is 3.61. The van der Waals surface area contributed by atoms with Gasteiger partial charge in [-0.15, -0.1) is 0 Å². The third kappa shape index (κ3) is 1.56. The van der Waals surface area contributed by atoms with Gasteiger partial charge in [0.15, 0.2) is 5.41 Å². The zero-order chi connectivity index (χ0) is 10.6. The molecule has 66 valence electrons. The highest BCUT2D eigenvalue weighted by Crippen LogP contribution is 2.36. The fourth-order valence-corrected chi connectivity index (χ4v) is 1.49. The van der Waals surface area contributed by atoms with Gasteiger partial charge in [-0.3, -0.25) is 0 Å². The van der Waals surface area contributed by atoms with E-state index >= 15 is 0 Å². The molecule has 4 heteroatoms. The van der Waals surface area contributed by atoms with Crippen LogP contribution < -0.4 is 0 Å². The molecule has 0 spiro atoms. The van der Waals surface area contributed by atoms with Gasteiger partial charge in [0, 0.05) is 5.57 Å². The lowest BCUT2D eigenvalue weighted by molar-refractivity contribution is 0.454. The number of rotatable bonds is 0. The van der Waals surface area contributed by atoms with Crippen LogP contribution in [0.15, 0.2) is 11.6 Å². The second-order valence-corrected chi connectivity index (χ2v) is 3.21. The van der Waals surface area contributed by atoms with Gasteiger partial charge in [-0.2, -0.15) is 21.0 Å². The summed E-state index contributed by atoms with van der Waals surface area (Å²) in [5, 5.41) is 35.1. The molecule has 1 aliphatic rings. The van der Waals surface area contributed by atoms with Crippen LogP contribution in [0.3, 0.4) is 0 Å². The maximum absolute atomic E-state index is 8.83. The smallest absolute Gasteiger partial charge is 0.164 e. The molecular formula is C10H6N4. The lowest BCUT2D eigenvalue weighted by Gasteiger charge is -2.22. The first-order valence-corrected chi connectivity index (χ1v) is 4.03. The first kappa shape index (κ1) is 9.79. The second-order valence-electron chi connectivity index (χ2n) is 3.21. The van der Waals surface area contributed by atoms with Crippen LogP contribution in [0, 0.1) is 56.7 Å². The van der Waals surface area contributed by atoms with E-state index in [1.807, 2.05) is 24.3 Å². The predicted molar refractivity (Wildman–Crippen MR) is 45.7 cm³/mol. The molecule has 0 heterocycles. The van der Waals surface area contributed by atoms with Crippen molar-refractivity contribution < 1.29 is 0 Å². The summed E-state index contributed by atoms with van der Waals surface area (Å²) in [6, 6.07) is 7.61. The van der Waals surface area contributed by atoms with Gasteiger partial charge in [-0.25, -0.2) is 0 Å². The summed E-state index contributed by atoms with van der Waals surface area (Å²) in [7, 11) is 0. The predicted octanol–water partition coefficient (Wildman–Crippen LogP) is 1.40. The van der Waals surface area contributed by atoms with Crippen molar-refractivity contribution in [1.29, 1.82) is 21.0 Å². The molecule has 0 aromatic carbocycles. The zero-order valence-electron chi connectivity index (χ0n) is 7.36. The minimum atomic E-state index is -1.29. The molecule has 1 rings (SSSR count). The molecule has 1 atom stereocenters. The van der Waals surface area contributed by atoms with Crippen molar-refractivity contribution in [2.45, 2.75) is 12.8 Å². The van der Waals surface area contributed by atoms with Crippen LogP contribution >= 0.6 is 0 Å². The molecule has 14 heavy (non-hydrogen) atoms. The number of hydrogen-bond donors (Lipinski definition) is 0. The highest BCUT2D eigenvalue weighted by atomic mass is 14.4. The van der Waals surface area contributed by atoms with Crippen molar-refractivity contribution in [3.63, 3.8) is 0 Å². The summed E-state index contributed by atoms with van der Waals surface area (Å²) in [6.45, 7) is 0. The van der Waals surface area contributed by atoms with E-state index < -0.39 is 11.3 Å². The first-order valence-electron chi connectivity index (χ1n) is 4.03. The van der Waals surface area contributed by atoms with Gasteiger partial charge in [0.2, 0.25) is 0 Å². The van der Waals surface area contributed by atoms with E-state index in [4.69, 9.17) is 21.0 Å². The summed E-state index contributed by atoms with van der Waals surface area (Å²) in [6.07, 6.45) is 1.92. The van der Waals surface area contributed by atoms with Gasteiger partial charge in [-0.1, -0.05) is 0 Å². The van der Waals surface area contributed by atoms with Crippen molar-refractivity contribution in [2.24, 2.45) is 11.3 Å². The van der Waals surface area contributed by atoms with Crippen LogP contribution in [0.25, 0.3) is 0 Å². The van der Waals surface area contributed by atoms with Crippen LogP contribution in [0.2, 0.25) is 0 Å². The number of allylic oxidation sites excluding steroid dienone is 2. The Morgan fingerprint density at radius 3 is 2.29 bits per heavy atom. The van der Waals surface area contributed by atoms with E-state index in [2.05, 4.69) is 0 Å². The monoisotopic (exact) mass is 182 g/mol. The van der Waals surface area contributed by atoms with Gasteiger partial charge in [-0.05, 0) is 18.9 Å². The lowest BCUT2D eigenvalue weighted by atomic mass is 9.74. The third-order valence-corrected chi connectivity index (χ3v) is 2.18. The molecule has 1 unspecified atom stereocenters. The Balaban J connectivity index is 3.15. The Morgan fingerprint density at radius 1 is 1.21 bits per heavy atom. The van der Waals surface area contributed by atoms with Crippen molar-refractivity contribution in [3.8, 4) is 24.3 Å². The molecule has 0 N–H and O–H groups in total. The van der Waals surface area contributed by atoms with Crippen LogP contribution in [0.5, 0.6) is 0 Å². The molecule has 0 aliphatic heterocycles. The molecule has 0 aromatic heterocycles. The Hall–Kier alpha value is -2.30. The summed E-state index contributed by atoms with van der Waals surface area (Å²) in [4.78, 5) is 0. The first-order chi connectivity index (χ1) is 6.69. The Kier molecular flexibility index (Phi) is 2.52. The lowest BCUT2D eigenvalue weighted by Crippen LogP contribution is -2.23. The van der Waals surface area contributed by atoms with Gasteiger partial charge < -0.3 is 0 Å². The van der Waals surface area contributed by atoms with Crippen molar-refractivity contribution in [3.05, 3.63) is 11.6 Å². The van der Waals surface area contributed by atoms with Crippen molar-refractivity contribution in [2.75, 3.05) is 0 Å². The van der Waals surface area contributed by atoms with Gasteiger partial charge in [0.25, 0.3) is 0 Å². The molecule has 0 saturated carbocycles. The average Bonchev–Trinajstić information content (AvgIpc) is 2.28. The minimum Gasteiger partial charge on any atom is -0.198 e. The fraction of sp³-hybridized carbons (Fsp3) is 0.400. The Labute approximate surface area is 81.9 Å². The Bertz CT molecular complexity index is 419. The zero-order valence-corrected chi connectivity index (χ0v) is 7.36. The molecular weight excluding hydrogens is 176 g/mol. The largest absolute Gasteiger partial charge is 0.198 e. The summed E-state index contributed by atoms with van der Waals surface area (Å²) < 4.78 is 0. The van der Waals surface area contributed by atoms with Crippen molar-refractivity contribution >= 4 is 0 Å². The van der Waals surface area contributed by atoms with Gasteiger partial charge in [0.1, 0.15) is 0 Å². The van der Waals surface area contributed by atoms with Gasteiger partial charge in [0.05, 0.1) is 30.2 Å². The molecule has 0 radical (unpaired) electrons. The molecule has 4 nitrogen and oxygen atoms in total. The Morgan fingerprint density at radius 2 is 1.86 bits per heavy atom. The van der Waals surface area contributed by atoms with Crippen LogP contribution in [0.4, 0.5) is 0 Å². The maximum Gasteiger partial charge on any atom is 0.164 e. The normalized spacial score (nSPS) is 23.1. The van der Waals surface area contributed by atoms with Gasteiger partial charge >= 0.3 is 0 Å². The van der Waals surface area contributed by atoms with E-state index in [9.17, 15) is 0 Å². The fourth-order valence-electron chi connectivity index (χ4n) is 1.49. The highest BCUT2D eigenvalue weighted by Gasteiger charge is 2.36. The number of nitrogens with zero attached hydrogens (tertiary/aromatic N) is 4. The molecule has 0 saturated heterocycles. The topological polar surface area (TPSA) is 95.2 Å². The van der Waals surface area contributed by atoms with Crippen LogP contribution in [0.1, 0.15) is 12.8 Å². The van der Waals surface area contributed by atoms with E-state index in [1.165, 1.54) is 6.08 Å². The molecule has 0 amide bonds. The third-order valence-electron chi connectivity index (χ3n) is 2.18. The minimum absolute atomic E-state index is 0.196. The standard InChI is InChI=1S/C10H6N4/c11-4-8-1-9(5-12)3-10(2-8,6-13)7-14/h2,9H,1,3H2. The van der Waals surface area contributed by atoms with E-state index in [1.54, 1.807) is 0 Å². The summed E-state index contributed by atoms with van der Waals surface area (Å²) in [5.74, 6) is -0.408. The summed E-state index contributed by atoms with van der Waals surface area (Å²) in [5.41, 5.74) is -0.935. The number of hydrogen-bond acceptors (Lipinski definition) is 4. The van der Waals surface area contributed by atoms with E-state index in [0.717, 1.165) is 0 Å². The molecule has 0 fully saturated rings. The maximum atomic E-state index is 8.83. The SMILES string of the molecule is N#CC1=CC(C#N)(C#N)CC(C#N)C1. The molecule has 0 aromatic rings. The highest BCUT2D eigenvalue weighted by molar-refractivity contribution is 5.37. The molecule has 1 aliphatic carbocycles. The quantitative estimate of drug-likeness (QED) is 0.565. The van der Waals surface area contributed by atoms with Crippen LogP contribution in [-0.2, 0) is 0 Å². The van der Waals surface area contributed by atoms with Crippen molar-refractivity contribution in [1.82, 2.24) is 0 Å².